The van der Waals surface area contributed by atoms with Gasteiger partial charge in [-0.3, -0.25) is 9.59 Å². The molecule has 0 bridgehead atoms. The minimum atomic E-state index is -0.554. The number of halogens is 2. The molecule has 0 aromatic heterocycles. The molecule has 4 aromatic carbocycles. The van der Waals surface area contributed by atoms with Gasteiger partial charge in [0.05, 0.1) is 11.1 Å². The first-order valence-corrected chi connectivity index (χ1v) is 9.33. The second-order valence-electron chi connectivity index (χ2n) is 6.77. The van der Waals surface area contributed by atoms with Crippen molar-refractivity contribution in [3.8, 4) is 11.1 Å². The molecule has 0 N–H and O–H groups in total. The monoisotopic (exact) mass is 398 g/mol. The summed E-state index contributed by atoms with van der Waals surface area (Å²) in [6.07, 6.45) is 0. The van der Waals surface area contributed by atoms with Crippen molar-refractivity contribution in [3.05, 3.63) is 131 Å². The molecule has 4 rings (SSSR count). The third-order valence-corrected chi connectivity index (χ3v) is 4.86. The fraction of sp³-hybridized carbons (Fsp3) is 0. The van der Waals surface area contributed by atoms with Crippen molar-refractivity contribution in [1.29, 1.82) is 0 Å². The normalized spacial score (nSPS) is 10.6. The van der Waals surface area contributed by atoms with Crippen LogP contribution in [0.1, 0.15) is 31.8 Å². The second kappa shape index (κ2) is 8.21. The van der Waals surface area contributed by atoms with E-state index >= 15 is 0 Å². The van der Waals surface area contributed by atoms with Crippen LogP contribution in [0.25, 0.3) is 11.1 Å². The Morgan fingerprint density at radius 1 is 0.467 bits per heavy atom. The molecule has 0 unspecified atom stereocenters. The lowest BCUT2D eigenvalue weighted by molar-refractivity contribution is 0.102. The minimum absolute atomic E-state index is 0.0289. The molecule has 0 atom stereocenters. The number of carbonyl (C=O) groups excluding carboxylic acids is 2. The average Bonchev–Trinajstić information content (AvgIpc) is 2.79. The van der Waals surface area contributed by atoms with Gasteiger partial charge in [0, 0.05) is 11.1 Å². The van der Waals surface area contributed by atoms with E-state index in [9.17, 15) is 18.4 Å². The summed E-state index contributed by atoms with van der Waals surface area (Å²) in [4.78, 5) is 25.0. The largest absolute Gasteiger partial charge is 0.288 e. The van der Waals surface area contributed by atoms with Gasteiger partial charge in [0.1, 0.15) is 11.6 Å². The Hall–Kier alpha value is -3.92. The molecular formula is C26H16F2O2. The number of carbonyl (C=O) groups is 2. The molecule has 30 heavy (non-hydrogen) atoms. The Balaban J connectivity index is 1.55. The Labute approximate surface area is 172 Å². The van der Waals surface area contributed by atoms with Crippen molar-refractivity contribution in [3.63, 3.8) is 0 Å². The van der Waals surface area contributed by atoms with Gasteiger partial charge < -0.3 is 0 Å². The van der Waals surface area contributed by atoms with E-state index in [0.717, 1.165) is 11.1 Å². The quantitative estimate of drug-likeness (QED) is 0.381. The zero-order chi connectivity index (χ0) is 21.1. The Morgan fingerprint density at radius 2 is 0.800 bits per heavy atom. The summed E-state index contributed by atoms with van der Waals surface area (Å²) >= 11 is 0. The highest BCUT2D eigenvalue weighted by Crippen LogP contribution is 2.23. The van der Waals surface area contributed by atoms with Crippen molar-refractivity contribution in [2.75, 3.05) is 0 Å². The van der Waals surface area contributed by atoms with E-state index in [-0.39, 0.29) is 22.7 Å². The lowest BCUT2D eigenvalue weighted by Gasteiger charge is -2.07. The molecule has 0 amide bonds. The molecule has 2 nitrogen and oxygen atoms in total. The second-order valence-corrected chi connectivity index (χ2v) is 6.77. The van der Waals surface area contributed by atoms with Gasteiger partial charge in [0.15, 0.2) is 11.6 Å². The van der Waals surface area contributed by atoms with Crippen LogP contribution >= 0.6 is 0 Å². The highest BCUT2D eigenvalue weighted by molar-refractivity contribution is 6.10. The van der Waals surface area contributed by atoms with Crippen molar-refractivity contribution in [2.45, 2.75) is 0 Å². The van der Waals surface area contributed by atoms with Crippen LogP contribution in [0.15, 0.2) is 97.1 Å². The first-order valence-electron chi connectivity index (χ1n) is 9.33. The molecule has 0 saturated heterocycles. The molecule has 0 aliphatic heterocycles. The van der Waals surface area contributed by atoms with Gasteiger partial charge in [-0.1, -0.05) is 72.8 Å². The first-order chi connectivity index (χ1) is 14.5. The third kappa shape index (κ3) is 3.80. The van der Waals surface area contributed by atoms with E-state index in [0.29, 0.717) is 11.1 Å². The minimum Gasteiger partial charge on any atom is -0.288 e. The van der Waals surface area contributed by atoms with Crippen LogP contribution in [0.3, 0.4) is 0 Å². The van der Waals surface area contributed by atoms with Crippen LogP contribution < -0.4 is 0 Å². The number of ketones is 2. The van der Waals surface area contributed by atoms with Gasteiger partial charge in [-0.05, 0) is 35.4 Å². The van der Waals surface area contributed by atoms with Crippen molar-refractivity contribution in [2.24, 2.45) is 0 Å². The average molecular weight is 398 g/mol. The molecule has 4 aromatic rings. The zero-order valence-corrected chi connectivity index (χ0v) is 15.8. The maximum absolute atomic E-state index is 13.8. The highest BCUT2D eigenvalue weighted by atomic mass is 19.1. The maximum atomic E-state index is 13.8. The fourth-order valence-electron chi connectivity index (χ4n) is 3.23. The van der Waals surface area contributed by atoms with Gasteiger partial charge >= 0.3 is 0 Å². The first kappa shape index (κ1) is 19.4. The summed E-state index contributed by atoms with van der Waals surface area (Å²) in [7, 11) is 0. The van der Waals surface area contributed by atoms with Crippen LogP contribution in [0, 0.1) is 11.6 Å². The van der Waals surface area contributed by atoms with Crippen LogP contribution in [0.5, 0.6) is 0 Å². The van der Waals surface area contributed by atoms with E-state index in [4.69, 9.17) is 0 Å². The summed E-state index contributed by atoms with van der Waals surface area (Å²) in [5.41, 5.74) is 2.50. The highest BCUT2D eigenvalue weighted by Gasteiger charge is 2.15. The number of hydrogen-bond donors (Lipinski definition) is 0. The predicted molar refractivity (Wildman–Crippen MR) is 112 cm³/mol. The van der Waals surface area contributed by atoms with Crippen LogP contribution in [0.4, 0.5) is 8.78 Å². The molecular weight excluding hydrogens is 382 g/mol. The lowest BCUT2D eigenvalue weighted by Crippen LogP contribution is -2.04. The lowest BCUT2D eigenvalue weighted by atomic mass is 9.97. The van der Waals surface area contributed by atoms with Crippen LogP contribution in [0.2, 0.25) is 0 Å². The smallest absolute Gasteiger partial charge is 0.195 e. The number of hydrogen-bond acceptors (Lipinski definition) is 2. The topological polar surface area (TPSA) is 34.1 Å². The summed E-state index contributed by atoms with van der Waals surface area (Å²) in [6, 6.07) is 25.4. The SMILES string of the molecule is O=C(c1ccc(-c2ccc(C(=O)c3ccccc3F)cc2)cc1)c1ccccc1F. The van der Waals surface area contributed by atoms with Crippen LogP contribution in [-0.4, -0.2) is 11.6 Å². The van der Waals surface area contributed by atoms with Gasteiger partial charge in [0.25, 0.3) is 0 Å². The standard InChI is InChI=1S/C26H16F2O2/c27-23-7-3-1-5-21(23)25(29)19-13-9-17(10-14-19)18-11-15-20(16-12-18)26(30)22-6-2-4-8-24(22)28/h1-16H. The van der Waals surface area contributed by atoms with Gasteiger partial charge in [-0.25, -0.2) is 8.78 Å². The van der Waals surface area contributed by atoms with Crippen molar-refractivity contribution >= 4 is 11.6 Å². The fourth-order valence-corrected chi connectivity index (χ4v) is 3.23. The Morgan fingerprint density at radius 3 is 1.13 bits per heavy atom. The van der Waals surface area contributed by atoms with Gasteiger partial charge in [-0.15, -0.1) is 0 Å². The molecule has 0 aliphatic rings. The Bertz CT molecular complexity index is 1130. The molecule has 0 heterocycles. The van der Waals surface area contributed by atoms with E-state index in [2.05, 4.69) is 0 Å². The summed E-state index contributed by atoms with van der Waals surface area (Å²) < 4.78 is 27.7. The third-order valence-electron chi connectivity index (χ3n) is 4.86. The van der Waals surface area contributed by atoms with Gasteiger partial charge in [0.2, 0.25) is 0 Å². The van der Waals surface area contributed by atoms with E-state index in [1.54, 1.807) is 60.7 Å². The van der Waals surface area contributed by atoms with Crippen molar-refractivity contribution < 1.29 is 18.4 Å². The Kier molecular flexibility index (Phi) is 5.31. The van der Waals surface area contributed by atoms with Crippen LogP contribution in [-0.2, 0) is 0 Å². The molecule has 0 saturated carbocycles. The molecule has 0 spiro atoms. The van der Waals surface area contributed by atoms with Gasteiger partial charge in [-0.2, -0.15) is 0 Å². The van der Waals surface area contributed by atoms with E-state index in [1.165, 1.54) is 36.4 Å². The van der Waals surface area contributed by atoms with Crippen molar-refractivity contribution in [1.82, 2.24) is 0 Å². The predicted octanol–water partition coefficient (Wildman–Crippen LogP) is 6.09. The molecule has 0 radical (unpaired) electrons. The summed E-state index contributed by atoms with van der Waals surface area (Å²) in [6.45, 7) is 0. The van der Waals surface area contributed by atoms with E-state index < -0.39 is 11.6 Å². The number of benzene rings is 4. The summed E-state index contributed by atoms with van der Waals surface area (Å²) in [5.74, 6) is -1.88. The molecule has 0 fully saturated rings. The maximum Gasteiger partial charge on any atom is 0.195 e. The zero-order valence-electron chi connectivity index (χ0n) is 15.8. The molecule has 4 heteroatoms. The summed E-state index contributed by atoms with van der Waals surface area (Å²) in [5, 5.41) is 0. The number of rotatable bonds is 5. The molecule has 146 valence electrons. The molecule has 0 aliphatic carbocycles. The van der Waals surface area contributed by atoms with E-state index in [1.807, 2.05) is 0 Å².